The minimum absolute atomic E-state index is 0.0982. The predicted octanol–water partition coefficient (Wildman–Crippen LogP) is 0.943. The lowest BCUT2D eigenvalue weighted by atomic mass is 10.0. The second kappa shape index (κ2) is 6.80. The Kier molecular flexibility index (Phi) is 5.32. The Bertz CT molecular complexity index is 377. The van der Waals surface area contributed by atoms with Crippen LogP contribution >= 0.6 is 11.8 Å². The van der Waals surface area contributed by atoms with Crippen LogP contribution in [0.15, 0.2) is 0 Å². The summed E-state index contributed by atoms with van der Waals surface area (Å²) in [6.45, 7) is 3.92. The number of carbonyl (C=O) groups is 2. The second-order valence-electron chi connectivity index (χ2n) is 5.71. The lowest BCUT2D eigenvalue weighted by Crippen LogP contribution is -2.56. The first-order valence-electron chi connectivity index (χ1n) is 7.46. The van der Waals surface area contributed by atoms with E-state index in [1.807, 2.05) is 16.7 Å². The standard InChI is InChI=1S/C14H25N3O2S/c1-9-5-4-6-12-17(9)14(19)11(7-8-20-12)16-13(18)10(2)15-3/h9-12,15H,4-8H2,1-3H3,(H,16,18)/t9?,10-,11-,12-/m0/s1. The fourth-order valence-electron chi connectivity index (χ4n) is 2.86. The van der Waals surface area contributed by atoms with Crippen LogP contribution in [-0.2, 0) is 9.59 Å². The van der Waals surface area contributed by atoms with Crippen molar-refractivity contribution >= 4 is 23.6 Å². The maximum atomic E-state index is 12.7. The van der Waals surface area contributed by atoms with Crippen LogP contribution in [0.1, 0.15) is 39.5 Å². The molecule has 0 bridgehead atoms. The minimum Gasteiger partial charge on any atom is -0.343 e. The van der Waals surface area contributed by atoms with Crippen LogP contribution in [0.25, 0.3) is 0 Å². The van der Waals surface area contributed by atoms with E-state index in [1.54, 1.807) is 14.0 Å². The van der Waals surface area contributed by atoms with Crippen molar-refractivity contribution in [3.8, 4) is 0 Å². The molecule has 2 fully saturated rings. The minimum atomic E-state index is -0.364. The maximum absolute atomic E-state index is 12.7. The van der Waals surface area contributed by atoms with Crippen LogP contribution in [0, 0.1) is 0 Å². The Morgan fingerprint density at radius 3 is 2.85 bits per heavy atom. The van der Waals surface area contributed by atoms with Crippen molar-refractivity contribution in [1.82, 2.24) is 15.5 Å². The average molecular weight is 299 g/mol. The van der Waals surface area contributed by atoms with E-state index >= 15 is 0 Å². The van der Waals surface area contributed by atoms with Gasteiger partial charge in [-0.05, 0) is 52.3 Å². The molecule has 2 rings (SSSR count). The topological polar surface area (TPSA) is 61.4 Å². The van der Waals surface area contributed by atoms with Crippen molar-refractivity contribution in [1.29, 1.82) is 0 Å². The molecule has 0 spiro atoms. The van der Waals surface area contributed by atoms with E-state index in [0.717, 1.165) is 25.0 Å². The van der Waals surface area contributed by atoms with E-state index in [9.17, 15) is 9.59 Å². The molecule has 0 aromatic heterocycles. The number of nitrogens with zero attached hydrogens (tertiary/aromatic N) is 1. The summed E-state index contributed by atoms with van der Waals surface area (Å²) in [5, 5.41) is 6.12. The van der Waals surface area contributed by atoms with Gasteiger partial charge in [-0.1, -0.05) is 0 Å². The third-order valence-corrected chi connectivity index (χ3v) is 5.59. The summed E-state index contributed by atoms with van der Waals surface area (Å²) in [4.78, 5) is 26.7. The fourth-order valence-corrected chi connectivity index (χ4v) is 4.31. The van der Waals surface area contributed by atoms with E-state index in [2.05, 4.69) is 17.6 Å². The van der Waals surface area contributed by atoms with Gasteiger partial charge in [-0.25, -0.2) is 0 Å². The van der Waals surface area contributed by atoms with Crippen molar-refractivity contribution in [2.24, 2.45) is 0 Å². The zero-order valence-corrected chi connectivity index (χ0v) is 13.3. The van der Waals surface area contributed by atoms with Crippen LogP contribution in [0.5, 0.6) is 0 Å². The summed E-state index contributed by atoms with van der Waals surface area (Å²) in [5.41, 5.74) is 0. The molecular weight excluding hydrogens is 274 g/mol. The Balaban J connectivity index is 2.07. The second-order valence-corrected chi connectivity index (χ2v) is 7.00. The van der Waals surface area contributed by atoms with E-state index in [4.69, 9.17) is 0 Å². The molecule has 6 heteroatoms. The van der Waals surface area contributed by atoms with Gasteiger partial charge in [0.15, 0.2) is 0 Å². The highest BCUT2D eigenvalue weighted by molar-refractivity contribution is 7.99. The zero-order valence-electron chi connectivity index (χ0n) is 12.5. The summed E-state index contributed by atoms with van der Waals surface area (Å²) in [6, 6.07) is -0.349. The van der Waals surface area contributed by atoms with Gasteiger partial charge in [0.2, 0.25) is 11.8 Å². The molecule has 2 aliphatic rings. The molecule has 1 unspecified atom stereocenters. The van der Waals surface area contributed by atoms with Gasteiger partial charge < -0.3 is 15.5 Å². The van der Waals surface area contributed by atoms with E-state index in [1.165, 1.54) is 6.42 Å². The zero-order chi connectivity index (χ0) is 14.7. The van der Waals surface area contributed by atoms with Crippen LogP contribution < -0.4 is 10.6 Å². The highest BCUT2D eigenvalue weighted by atomic mass is 32.2. The fraction of sp³-hybridized carbons (Fsp3) is 0.857. The van der Waals surface area contributed by atoms with Crippen molar-refractivity contribution in [2.45, 2.75) is 63.0 Å². The molecule has 0 saturated carbocycles. The summed E-state index contributed by atoms with van der Waals surface area (Å²) in [7, 11) is 1.75. The summed E-state index contributed by atoms with van der Waals surface area (Å²) >= 11 is 1.86. The third-order valence-electron chi connectivity index (χ3n) is 4.27. The highest BCUT2D eigenvalue weighted by Gasteiger charge is 2.38. The largest absolute Gasteiger partial charge is 0.343 e. The third kappa shape index (κ3) is 3.28. The number of hydrogen-bond acceptors (Lipinski definition) is 4. The van der Waals surface area contributed by atoms with Crippen molar-refractivity contribution in [3.05, 3.63) is 0 Å². The molecule has 4 atom stereocenters. The molecule has 2 N–H and O–H groups in total. The number of hydrogen-bond donors (Lipinski definition) is 2. The first kappa shape index (κ1) is 15.6. The molecule has 20 heavy (non-hydrogen) atoms. The van der Waals surface area contributed by atoms with Gasteiger partial charge in [-0.2, -0.15) is 0 Å². The van der Waals surface area contributed by atoms with Crippen LogP contribution in [0.2, 0.25) is 0 Å². The van der Waals surface area contributed by atoms with Gasteiger partial charge in [0.05, 0.1) is 11.4 Å². The van der Waals surface area contributed by atoms with E-state index < -0.39 is 0 Å². The van der Waals surface area contributed by atoms with Gasteiger partial charge >= 0.3 is 0 Å². The molecule has 0 aliphatic carbocycles. The lowest BCUT2D eigenvalue weighted by molar-refractivity contribution is -0.140. The van der Waals surface area contributed by atoms with E-state index in [0.29, 0.717) is 5.37 Å². The molecule has 0 radical (unpaired) electrons. The Morgan fingerprint density at radius 1 is 1.40 bits per heavy atom. The number of piperidine rings is 1. The smallest absolute Gasteiger partial charge is 0.246 e. The average Bonchev–Trinajstić information content (AvgIpc) is 2.59. The number of fused-ring (bicyclic) bond motifs is 1. The van der Waals surface area contributed by atoms with Crippen molar-refractivity contribution in [2.75, 3.05) is 12.8 Å². The van der Waals surface area contributed by atoms with Gasteiger partial charge in [-0.3, -0.25) is 9.59 Å². The van der Waals surface area contributed by atoms with Crippen LogP contribution in [0.3, 0.4) is 0 Å². The summed E-state index contributed by atoms with van der Waals surface area (Å²) < 4.78 is 0. The number of thioether (sulfide) groups is 1. The molecule has 114 valence electrons. The van der Waals surface area contributed by atoms with Gasteiger partial charge in [0.1, 0.15) is 6.04 Å². The SMILES string of the molecule is CN[C@@H](C)C(=O)N[C@H]1CCS[C@H]2CCCC(C)N2C1=O. The molecule has 2 amide bonds. The highest BCUT2D eigenvalue weighted by Crippen LogP contribution is 2.33. The van der Waals surface area contributed by atoms with Crippen LogP contribution in [0.4, 0.5) is 0 Å². The van der Waals surface area contributed by atoms with Gasteiger partial charge in [0, 0.05) is 6.04 Å². The van der Waals surface area contributed by atoms with Gasteiger partial charge in [-0.15, -0.1) is 11.8 Å². The number of carbonyl (C=O) groups excluding carboxylic acids is 2. The number of nitrogens with one attached hydrogen (secondary N) is 2. The first-order valence-corrected chi connectivity index (χ1v) is 8.51. The normalized spacial score (nSPS) is 32.2. The Morgan fingerprint density at radius 2 is 2.15 bits per heavy atom. The molecule has 0 aromatic carbocycles. The molecular formula is C14H25N3O2S. The Labute approximate surface area is 125 Å². The van der Waals surface area contributed by atoms with E-state index in [-0.39, 0.29) is 29.9 Å². The van der Waals surface area contributed by atoms with Crippen LogP contribution in [-0.4, -0.2) is 53.0 Å². The molecule has 2 heterocycles. The molecule has 5 nitrogen and oxygen atoms in total. The number of likely N-dealkylation sites (N-methyl/N-ethyl adjacent to an activating group) is 1. The Hall–Kier alpha value is -0.750. The van der Waals surface area contributed by atoms with Gasteiger partial charge in [0.25, 0.3) is 0 Å². The van der Waals surface area contributed by atoms with Crippen molar-refractivity contribution < 1.29 is 9.59 Å². The molecule has 2 saturated heterocycles. The lowest BCUT2D eigenvalue weighted by Gasteiger charge is -2.40. The monoisotopic (exact) mass is 299 g/mol. The molecule has 0 aromatic rings. The first-order chi connectivity index (χ1) is 9.54. The quantitative estimate of drug-likeness (QED) is 0.814. The predicted molar refractivity (Wildman–Crippen MR) is 81.5 cm³/mol. The summed E-state index contributed by atoms with van der Waals surface area (Å²) in [5.74, 6) is 0.932. The van der Waals surface area contributed by atoms with Crippen molar-refractivity contribution in [3.63, 3.8) is 0 Å². The maximum Gasteiger partial charge on any atom is 0.246 e. The number of rotatable bonds is 3. The summed E-state index contributed by atoms with van der Waals surface area (Å²) in [6.07, 6.45) is 4.06. The molecule has 2 aliphatic heterocycles. The number of amides is 2.